The summed E-state index contributed by atoms with van der Waals surface area (Å²) < 4.78 is 17.0. The van der Waals surface area contributed by atoms with Crippen LogP contribution in [0.1, 0.15) is 18.1 Å². The van der Waals surface area contributed by atoms with Gasteiger partial charge in [0, 0.05) is 22.0 Å². The summed E-state index contributed by atoms with van der Waals surface area (Å²) in [4.78, 5) is 17.0. The number of carbonyl (C=O) groups excluding carboxylic acids is 1. The average Bonchev–Trinajstić information content (AvgIpc) is 3.36. The molecule has 0 aliphatic rings. The van der Waals surface area contributed by atoms with Crippen molar-refractivity contribution in [3.8, 4) is 28.5 Å². The zero-order valence-corrected chi connectivity index (χ0v) is 21.4. The lowest BCUT2D eigenvalue weighted by atomic mass is 10.1. The number of amides is 1. The first-order valence-electron chi connectivity index (χ1n) is 11.3. The predicted molar refractivity (Wildman–Crippen MR) is 145 cm³/mol. The number of nitrogens with zero attached hydrogens (tertiary/aromatic N) is 1. The minimum Gasteiger partial charge on any atom is -0.493 e. The molecule has 36 heavy (non-hydrogen) atoms. The Morgan fingerprint density at radius 2 is 1.83 bits per heavy atom. The first-order chi connectivity index (χ1) is 17.6. The van der Waals surface area contributed by atoms with Crippen LogP contribution in [0.4, 0.5) is 5.13 Å². The highest BCUT2D eigenvalue weighted by molar-refractivity contribution is 7.14. The first-order valence-corrected chi connectivity index (χ1v) is 12.5. The van der Waals surface area contributed by atoms with Crippen LogP contribution in [-0.4, -0.2) is 24.6 Å². The van der Waals surface area contributed by atoms with Crippen LogP contribution < -0.4 is 19.5 Å². The second-order valence-electron chi connectivity index (χ2n) is 7.62. The van der Waals surface area contributed by atoms with Crippen molar-refractivity contribution in [1.29, 1.82) is 0 Å². The van der Waals surface area contributed by atoms with Crippen molar-refractivity contribution in [3.05, 3.63) is 94.3 Å². The molecule has 0 saturated heterocycles. The van der Waals surface area contributed by atoms with E-state index in [1.54, 1.807) is 13.2 Å². The van der Waals surface area contributed by atoms with Crippen LogP contribution >= 0.6 is 22.9 Å². The molecule has 0 aliphatic heterocycles. The molecule has 6 nitrogen and oxygen atoms in total. The molecule has 0 atom stereocenters. The maximum absolute atomic E-state index is 12.5. The highest BCUT2D eigenvalue weighted by Crippen LogP contribution is 2.32. The summed E-state index contributed by atoms with van der Waals surface area (Å²) in [6, 6.07) is 20.6. The number of hydrogen-bond donors (Lipinski definition) is 1. The Hall–Kier alpha value is -3.81. The SMILES string of the molecule is CCOc1ccccc1-c1csc(NC(=O)/C=C/c2ccc(OCc3ccc(Cl)cc3)c(OC)c2)n1. The van der Waals surface area contributed by atoms with Crippen molar-refractivity contribution in [2.45, 2.75) is 13.5 Å². The fraction of sp³-hybridized carbons (Fsp3) is 0.143. The largest absolute Gasteiger partial charge is 0.493 e. The van der Waals surface area contributed by atoms with Gasteiger partial charge >= 0.3 is 0 Å². The molecule has 1 amide bonds. The van der Waals surface area contributed by atoms with E-state index in [2.05, 4.69) is 10.3 Å². The Labute approximate surface area is 219 Å². The molecular formula is C28H25ClN2O4S. The summed E-state index contributed by atoms with van der Waals surface area (Å²) in [5, 5.41) is 5.89. The number of benzene rings is 3. The van der Waals surface area contributed by atoms with Crippen LogP contribution in [0, 0.1) is 0 Å². The highest BCUT2D eigenvalue weighted by atomic mass is 35.5. The molecule has 1 heterocycles. The lowest BCUT2D eigenvalue weighted by Gasteiger charge is -2.11. The molecule has 0 saturated carbocycles. The average molecular weight is 521 g/mol. The fourth-order valence-electron chi connectivity index (χ4n) is 3.38. The van der Waals surface area contributed by atoms with Gasteiger partial charge in [-0.3, -0.25) is 10.1 Å². The van der Waals surface area contributed by atoms with Crippen molar-refractivity contribution in [1.82, 2.24) is 4.98 Å². The third-order valence-electron chi connectivity index (χ3n) is 5.12. The van der Waals surface area contributed by atoms with Gasteiger partial charge in [0.1, 0.15) is 12.4 Å². The smallest absolute Gasteiger partial charge is 0.250 e. The summed E-state index contributed by atoms with van der Waals surface area (Å²) in [7, 11) is 1.58. The van der Waals surface area contributed by atoms with Crippen molar-refractivity contribution in [2.24, 2.45) is 0 Å². The van der Waals surface area contributed by atoms with E-state index in [-0.39, 0.29) is 5.91 Å². The summed E-state index contributed by atoms with van der Waals surface area (Å²) >= 11 is 7.29. The minimum atomic E-state index is -0.281. The van der Waals surface area contributed by atoms with Crippen molar-refractivity contribution in [3.63, 3.8) is 0 Å². The van der Waals surface area contributed by atoms with Crippen LogP contribution in [0.3, 0.4) is 0 Å². The molecule has 1 aromatic heterocycles. The number of para-hydroxylation sites is 1. The lowest BCUT2D eigenvalue weighted by molar-refractivity contribution is -0.111. The van der Waals surface area contributed by atoms with Gasteiger partial charge in [0.25, 0.3) is 0 Å². The number of methoxy groups -OCH3 is 1. The molecule has 0 radical (unpaired) electrons. The first kappa shape index (κ1) is 25.3. The number of carbonyl (C=O) groups is 1. The Balaban J connectivity index is 1.38. The maximum Gasteiger partial charge on any atom is 0.250 e. The van der Waals surface area contributed by atoms with E-state index in [9.17, 15) is 4.79 Å². The molecule has 0 unspecified atom stereocenters. The van der Waals surface area contributed by atoms with Crippen LogP contribution in [0.5, 0.6) is 17.2 Å². The Morgan fingerprint density at radius 1 is 1.03 bits per heavy atom. The van der Waals surface area contributed by atoms with Gasteiger partial charge in [-0.05, 0) is 60.5 Å². The molecule has 0 spiro atoms. The number of nitrogens with one attached hydrogen (secondary N) is 1. The zero-order valence-electron chi connectivity index (χ0n) is 19.9. The molecular weight excluding hydrogens is 496 g/mol. The number of thiazole rings is 1. The lowest BCUT2D eigenvalue weighted by Crippen LogP contribution is -2.07. The van der Waals surface area contributed by atoms with Crippen LogP contribution in [-0.2, 0) is 11.4 Å². The second kappa shape index (κ2) is 12.2. The number of anilines is 1. The zero-order chi connectivity index (χ0) is 25.3. The van der Waals surface area contributed by atoms with Gasteiger partial charge in [0.2, 0.25) is 5.91 Å². The molecule has 0 bridgehead atoms. The third kappa shape index (κ3) is 6.65. The van der Waals surface area contributed by atoms with E-state index < -0.39 is 0 Å². The van der Waals surface area contributed by atoms with Crippen LogP contribution in [0.2, 0.25) is 5.02 Å². The van der Waals surface area contributed by atoms with E-state index >= 15 is 0 Å². The number of ether oxygens (including phenoxy) is 3. The standard InChI is InChI=1S/C28H25ClN2O4S/c1-3-34-24-7-5-4-6-22(24)23-18-36-28(30-23)31-27(32)15-11-19-10-14-25(26(16-19)33-2)35-17-20-8-12-21(29)13-9-20/h4-16,18H,3,17H2,1-2H3,(H,30,31,32)/b15-11+. The number of hydrogen-bond acceptors (Lipinski definition) is 6. The van der Waals surface area contributed by atoms with Gasteiger partial charge in [0.15, 0.2) is 16.6 Å². The summed E-state index contributed by atoms with van der Waals surface area (Å²) in [5.74, 6) is 1.66. The number of rotatable bonds is 10. The molecule has 8 heteroatoms. The topological polar surface area (TPSA) is 69.7 Å². The van der Waals surface area contributed by atoms with Gasteiger partial charge in [0.05, 0.1) is 19.4 Å². The van der Waals surface area contributed by atoms with Crippen molar-refractivity contribution >= 4 is 40.1 Å². The number of aromatic nitrogens is 1. The van der Waals surface area contributed by atoms with E-state index in [1.165, 1.54) is 17.4 Å². The quantitative estimate of drug-likeness (QED) is 0.226. The van der Waals surface area contributed by atoms with E-state index in [0.717, 1.165) is 28.1 Å². The molecule has 184 valence electrons. The van der Waals surface area contributed by atoms with Gasteiger partial charge in [-0.1, -0.05) is 41.9 Å². The van der Waals surface area contributed by atoms with Crippen molar-refractivity contribution < 1.29 is 19.0 Å². The predicted octanol–water partition coefficient (Wildman–Crippen LogP) is 7.10. The van der Waals surface area contributed by atoms with Gasteiger partial charge in [-0.15, -0.1) is 11.3 Å². The molecule has 0 fully saturated rings. The van der Waals surface area contributed by atoms with E-state index in [4.69, 9.17) is 25.8 Å². The molecule has 3 aromatic carbocycles. The van der Waals surface area contributed by atoms with Crippen LogP contribution in [0.25, 0.3) is 17.3 Å². The van der Waals surface area contributed by atoms with E-state index in [1.807, 2.05) is 79.0 Å². The van der Waals surface area contributed by atoms with E-state index in [0.29, 0.717) is 34.9 Å². The summed E-state index contributed by atoms with van der Waals surface area (Å²) in [6.07, 6.45) is 3.16. The maximum atomic E-state index is 12.5. The summed E-state index contributed by atoms with van der Waals surface area (Å²) in [5.41, 5.74) is 3.43. The van der Waals surface area contributed by atoms with Crippen LogP contribution in [0.15, 0.2) is 78.2 Å². The third-order valence-corrected chi connectivity index (χ3v) is 6.13. The second-order valence-corrected chi connectivity index (χ2v) is 8.91. The molecule has 0 aliphatic carbocycles. The molecule has 4 aromatic rings. The Bertz CT molecular complexity index is 1350. The molecule has 1 N–H and O–H groups in total. The van der Waals surface area contributed by atoms with Gasteiger partial charge in [-0.2, -0.15) is 0 Å². The normalized spacial score (nSPS) is 10.9. The number of halogens is 1. The summed E-state index contributed by atoms with van der Waals surface area (Å²) in [6.45, 7) is 2.89. The Kier molecular flexibility index (Phi) is 8.60. The fourth-order valence-corrected chi connectivity index (χ4v) is 4.22. The highest BCUT2D eigenvalue weighted by Gasteiger charge is 2.11. The van der Waals surface area contributed by atoms with Crippen molar-refractivity contribution in [2.75, 3.05) is 19.0 Å². The van der Waals surface area contributed by atoms with Gasteiger partial charge < -0.3 is 14.2 Å². The molecule has 4 rings (SSSR count). The van der Waals surface area contributed by atoms with Gasteiger partial charge in [-0.25, -0.2) is 4.98 Å². The monoisotopic (exact) mass is 520 g/mol. The minimum absolute atomic E-state index is 0.281. The Morgan fingerprint density at radius 3 is 2.61 bits per heavy atom.